The van der Waals surface area contributed by atoms with Gasteiger partial charge in [0.05, 0.1) is 24.0 Å². The highest BCUT2D eigenvalue weighted by molar-refractivity contribution is 5.79. The topological polar surface area (TPSA) is 46.5 Å². The van der Waals surface area contributed by atoms with Gasteiger partial charge in [-0.2, -0.15) is 0 Å². The van der Waals surface area contributed by atoms with Gasteiger partial charge in [-0.3, -0.25) is 4.79 Å². The van der Waals surface area contributed by atoms with Crippen molar-refractivity contribution in [2.45, 2.75) is 38.0 Å². The first-order valence-corrected chi connectivity index (χ1v) is 7.05. The van der Waals surface area contributed by atoms with Crippen LogP contribution in [0.4, 0.5) is 0 Å². The Labute approximate surface area is 113 Å². The molecule has 1 aliphatic carbocycles. The lowest BCUT2D eigenvalue weighted by Crippen LogP contribution is -2.64. The summed E-state index contributed by atoms with van der Waals surface area (Å²) >= 11 is 0. The Bertz CT molecular complexity index is 481. The monoisotopic (exact) mass is 260 g/mol. The Morgan fingerprint density at radius 3 is 2.21 bits per heavy atom. The molecule has 102 valence electrons. The molecule has 0 aromatic heterocycles. The summed E-state index contributed by atoms with van der Waals surface area (Å²) in [6.07, 6.45) is 3.58. The van der Waals surface area contributed by atoms with Gasteiger partial charge < -0.3 is 9.84 Å². The van der Waals surface area contributed by atoms with E-state index >= 15 is 0 Å². The van der Waals surface area contributed by atoms with E-state index in [0.717, 1.165) is 31.2 Å². The Morgan fingerprint density at radius 2 is 1.89 bits per heavy atom. The Morgan fingerprint density at radius 1 is 1.26 bits per heavy atom. The number of ether oxygens (including phenoxy) is 1. The summed E-state index contributed by atoms with van der Waals surface area (Å²) in [4.78, 5) is 11.8. The average molecular weight is 260 g/mol. The highest BCUT2D eigenvalue weighted by Gasteiger charge is 2.64. The standard InChI is InChI=1S/C16H20O3/c1-2-12-4-6-13(7-5-12)16(10-19-11-16)15(14(17)18)8-3-9-15/h4-7H,2-3,8-11H2,1H3,(H,17,18). The van der Waals surface area contributed by atoms with Gasteiger partial charge in [0.15, 0.2) is 0 Å². The van der Waals surface area contributed by atoms with Crippen molar-refractivity contribution in [3.05, 3.63) is 35.4 Å². The predicted molar refractivity (Wildman–Crippen MR) is 72.2 cm³/mol. The maximum atomic E-state index is 11.8. The maximum absolute atomic E-state index is 11.8. The molecule has 3 nitrogen and oxygen atoms in total. The van der Waals surface area contributed by atoms with Crippen molar-refractivity contribution in [3.63, 3.8) is 0 Å². The van der Waals surface area contributed by atoms with Gasteiger partial charge in [-0.05, 0) is 30.4 Å². The quantitative estimate of drug-likeness (QED) is 0.905. The van der Waals surface area contributed by atoms with Crippen molar-refractivity contribution in [3.8, 4) is 0 Å². The van der Waals surface area contributed by atoms with Gasteiger partial charge in [-0.15, -0.1) is 0 Å². The minimum absolute atomic E-state index is 0.302. The molecule has 1 heterocycles. The van der Waals surface area contributed by atoms with Crippen molar-refractivity contribution >= 4 is 5.97 Å². The fourth-order valence-electron chi connectivity index (χ4n) is 3.51. The van der Waals surface area contributed by atoms with Gasteiger partial charge in [0.2, 0.25) is 0 Å². The molecule has 3 heteroatoms. The third kappa shape index (κ3) is 1.57. The van der Waals surface area contributed by atoms with E-state index in [1.807, 2.05) is 0 Å². The molecule has 0 unspecified atom stereocenters. The summed E-state index contributed by atoms with van der Waals surface area (Å²) in [7, 11) is 0. The lowest BCUT2D eigenvalue weighted by Gasteiger charge is -2.57. The predicted octanol–water partition coefficient (Wildman–Crippen LogP) is 2.77. The van der Waals surface area contributed by atoms with Crippen molar-refractivity contribution in [1.82, 2.24) is 0 Å². The molecular formula is C16H20O3. The Hall–Kier alpha value is -1.35. The molecule has 0 spiro atoms. The zero-order valence-electron chi connectivity index (χ0n) is 11.3. The van der Waals surface area contributed by atoms with Crippen LogP contribution in [0.5, 0.6) is 0 Å². The summed E-state index contributed by atoms with van der Waals surface area (Å²) in [5.41, 5.74) is 1.53. The zero-order chi connectivity index (χ0) is 13.5. The third-order valence-corrected chi connectivity index (χ3v) is 5.14. The van der Waals surface area contributed by atoms with Crippen molar-refractivity contribution < 1.29 is 14.6 Å². The second-order valence-electron chi connectivity index (χ2n) is 5.87. The highest BCUT2D eigenvalue weighted by atomic mass is 16.5. The number of aryl methyl sites for hydroxylation is 1. The molecule has 0 bridgehead atoms. The van der Waals surface area contributed by atoms with Gasteiger partial charge in [0.25, 0.3) is 0 Å². The molecule has 1 saturated carbocycles. The minimum atomic E-state index is -0.651. The van der Waals surface area contributed by atoms with Gasteiger partial charge in [-0.1, -0.05) is 37.6 Å². The summed E-state index contributed by atoms with van der Waals surface area (Å²) in [6, 6.07) is 8.43. The molecule has 2 fully saturated rings. The second-order valence-corrected chi connectivity index (χ2v) is 5.87. The molecule has 3 rings (SSSR count). The number of carboxylic acids is 1. The van der Waals surface area contributed by atoms with Crippen LogP contribution in [0, 0.1) is 5.41 Å². The largest absolute Gasteiger partial charge is 0.481 e. The van der Waals surface area contributed by atoms with Crippen LogP contribution in [0.1, 0.15) is 37.3 Å². The SMILES string of the molecule is CCc1ccc(C2(C3(C(=O)O)CCC3)COC2)cc1. The van der Waals surface area contributed by atoms with E-state index in [9.17, 15) is 9.90 Å². The van der Waals surface area contributed by atoms with E-state index in [1.54, 1.807) is 0 Å². The number of hydrogen-bond acceptors (Lipinski definition) is 2. The summed E-state index contributed by atoms with van der Waals surface area (Å²) in [5, 5.41) is 9.69. The van der Waals surface area contributed by atoms with E-state index in [4.69, 9.17) is 4.74 Å². The first kappa shape index (κ1) is 12.7. The molecule has 1 aromatic carbocycles. The lowest BCUT2D eigenvalue weighted by molar-refractivity contribution is -0.192. The molecule has 1 aromatic rings. The van der Waals surface area contributed by atoms with Crippen molar-refractivity contribution in [2.24, 2.45) is 5.41 Å². The zero-order valence-corrected chi connectivity index (χ0v) is 11.3. The summed E-state index contributed by atoms with van der Waals surface area (Å²) < 4.78 is 5.42. The van der Waals surface area contributed by atoms with E-state index in [2.05, 4.69) is 31.2 Å². The number of aliphatic carboxylic acids is 1. The molecule has 0 atom stereocenters. The number of rotatable bonds is 4. The van der Waals surface area contributed by atoms with E-state index in [0.29, 0.717) is 13.2 Å². The average Bonchev–Trinajstić information content (AvgIpc) is 2.31. The first-order chi connectivity index (χ1) is 9.14. The Balaban J connectivity index is 2.00. The fraction of sp³-hybridized carbons (Fsp3) is 0.562. The first-order valence-electron chi connectivity index (χ1n) is 7.05. The van der Waals surface area contributed by atoms with Crippen LogP contribution in [0.15, 0.2) is 24.3 Å². The summed E-state index contributed by atoms with van der Waals surface area (Å²) in [5.74, 6) is -0.651. The molecule has 0 amide bonds. The molecule has 1 N–H and O–H groups in total. The van der Waals surface area contributed by atoms with E-state index < -0.39 is 11.4 Å². The fourth-order valence-corrected chi connectivity index (χ4v) is 3.51. The third-order valence-electron chi connectivity index (χ3n) is 5.14. The lowest BCUT2D eigenvalue weighted by atomic mass is 9.49. The van der Waals surface area contributed by atoms with E-state index in [-0.39, 0.29) is 5.41 Å². The molecule has 1 saturated heterocycles. The van der Waals surface area contributed by atoms with Crippen molar-refractivity contribution in [1.29, 1.82) is 0 Å². The molecule has 0 radical (unpaired) electrons. The maximum Gasteiger partial charge on any atom is 0.310 e. The Kier molecular flexibility index (Phi) is 2.90. The molecular weight excluding hydrogens is 240 g/mol. The van der Waals surface area contributed by atoms with Crippen molar-refractivity contribution in [2.75, 3.05) is 13.2 Å². The van der Waals surface area contributed by atoms with Gasteiger partial charge in [-0.25, -0.2) is 0 Å². The number of benzene rings is 1. The van der Waals surface area contributed by atoms with Crippen LogP contribution in [-0.4, -0.2) is 24.3 Å². The number of hydrogen-bond donors (Lipinski definition) is 1. The normalized spacial score (nSPS) is 23.2. The van der Waals surface area contributed by atoms with E-state index in [1.165, 1.54) is 5.56 Å². The molecule has 19 heavy (non-hydrogen) atoms. The second kappa shape index (κ2) is 4.34. The molecule has 1 aliphatic heterocycles. The number of carbonyl (C=O) groups is 1. The van der Waals surface area contributed by atoms with Gasteiger partial charge in [0.1, 0.15) is 0 Å². The van der Waals surface area contributed by atoms with Crippen LogP contribution < -0.4 is 0 Å². The molecule has 2 aliphatic rings. The van der Waals surface area contributed by atoms with Crippen LogP contribution in [0.25, 0.3) is 0 Å². The van der Waals surface area contributed by atoms with Crippen LogP contribution in [0.3, 0.4) is 0 Å². The van der Waals surface area contributed by atoms with Crippen LogP contribution in [0.2, 0.25) is 0 Å². The van der Waals surface area contributed by atoms with Gasteiger partial charge >= 0.3 is 5.97 Å². The van der Waals surface area contributed by atoms with Gasteiger partial charge in [0, 0.05) is 0 Å². The smallest absolute Gasteiger partial charge is 0.310 e. The minimum Gasteiger partial charge on any atom is -0.481 e. The highest BCUT2D eigenvalue weighted by Crippen LogP contribution is 2.58. The van der Waals surface area contributed by atoms with Crippen LogP contribution in [-0.2, 0) is 21.4 Å². The number of carboxylic acid groups (broad SMARTS) is 1. The summed E-state index contributed by atoms with van der Waals surface area (Å²) in [6.45, 7) is 3.22. The van der Waals surface area contributed by atoms with Crippen LogP contribution >= 0.6 is 0 Å².